The highest BCUT2D eigenvalue weighted by Crippen LogP contribution is 2.34. The van der Waals surface area contributed by atoms with Gasteiger partial charge in [-0.2, -0.15) is 13.2 Å². The van der Waals surface area contributed by atoms with E-state index < -0.39 is 33.2 Å². The molecule has 0 heterocycles. The number of hydrogen-bond donors (Lipinski definition) is 2. The normalized spacial score (nSPS) is 12.2. The summed E-state index contributed by atoms with van der Waals surface area (Å²) in [7, 11) is -4.03. The van der Waals surface area contributed by atoms with E-state index in [1.807, 2.05) is 4.72 Å². The second-order valence-corrected chi connectivity index (χ2v) is 5.62. The van der Waals surface area contributed by atoms with Gasteiger partial charge in [0, 0.05) is 0 Å². The molecule has 0 aliphatic carbocycles. The monoisotopic (exact) mass is 298 g/mol. The smallest absolute Gasteiger partial charge is 0.392 e. The maximum atomic E-state index is 12.6. The summed E-state index contributed by atoms with van der Waals surface area (Å²) in [4.78, 5) is -0.327. The third kappa shape index (κ3) is 4.15. The highest BCUT2D eigenvalue weighted by molar-refractivity contribution is 7.95. The molecule has 0 aliphatic rings. The van der Waals surface area contributed by atoms with Gasteiger partial charge in [-0.25, -0.2) is 8.42 Å². The van der Waals surface area contributed by atoms with Crippen LogP contribution in [0.1, 0.15) is 5.56 Å². The van der Waals surface area contributed by atoms with Crippen LogP contribution in [0.3, 0.4) is 0 Å². The number of alkyl halides is 3. The number of halogens is 3. The first-order valence-electron chi connectivity index (χ1n) is 4.57. The van der Waals surface area contributed by atoms with Crippen LogP contribution in [-0.4, -0.2) is 19.2 Å². The molecule has 18 heavy (non-hydrogen) atoms. The van der Waals surface area contributed by atoms with E-state index >= 15 is 0 Å². The number of nitrogens with one attached hydrogen (secondary N) is 1. The summed E-state index contributed by atoms with van der Waals surface area (Å²) >= 11 is 4.40. The summed E-state index contributed by atoms with van der Waals surface area (Å²) in [5.41, 5.74) is 3.42. The number of anilines is 1. The van der Waals surface area contributed by atoms with E-state index in [1.54, 1.807) is 0 Å². The molecule has 0 spiro atoms. The molecular weight excluding hydrogens is 289 g/mol. The lowest BCUT2D eigenvalue weighted by molar-refractivity contribution is -0.136. The van der Waals surface area contributed by atoms with Crippen LogP contribution in [0.25, 0.3) is 0 Å². The molecule has 0 fully saturated rings. The molecule has 1 aromatic rings. The number of para-hydroxylation sites is 1. The summed E-state index contributed by atoms with van der Waals surface area (Å²) in [5.74, 6) is -0.714. The van der Waals surface area contributed by atoms with Gasteiger partial charge in [0.2, 0.25) is 10.0 Å². The van der Waals surface area contributed by atoms with Gasteiger partial charge in [-0.15, -0.1) is 0 Å². The minimum absolute atomic E-state index is 0.327. The van der Waals surface area contributed by atoms with Crippen molar-refractivity contribution in [1.82, 2.24) is 0 Å². The molecule has 0 saturated heterocycles. The Kier molecular flexibility index (Phi) is 4.17. The van der Waals surface area contributed by atoms with Crippen molar-refractivity contribution in [2.75, 3.05) is 10.5 Å². The number of rotatable bonds is 4. The van der Waals surface area contributed by atoms with Crippen molar-refractivity contribution in [3.63, 3.8) is 0 Å². The fourth-order valence-corrected chi connectivity index (χ4v) is 2.64. The Morgan fingerprint density at radius 3 is 2.39 bits per heavy atom. The third-order valence-electron chi connectivity index (χ3n) is 1.83. The lowest BCUT2D eigenvalue weighted by Crippen LogP contribution is -2.27. The fraction of sp³-hybridized carbons (Fsp3) is 0.222. The second-order valence-electron chi connectivity index (χ2n) is 3.37. The van der Waals surface area contributed by atoms with E-state index in [1.165, 1.54) is 6.07 Å². The summed E-state index contributed by atoms with van der Waals surface area (Å²) in [6.45, 7) is 0. The SMILES string of the molecule is NC(=S)CS(=O)(=O)Nc1ccccc1C(F)(F)F. The molecule has 1 aromatic carbocycles. The van der Waals surface area contributed by atoms with Gasteiger partial charge in [-0.05, 0) is 12.1 Å². The summed E-state index contributed by atoms with van der Waals surface area (Å²) < 4.78 is 62.5. The second kappa shape index (κ2) is 5.11. The van der Waals surface area contributed by atoms with Crippen molar-refractivity contribution in [1.29, 1.82) is 0 Å². The van der Waals surface area contributed by atoms with Crippen molar-refractivity contribution in [3.05, 3.63) is 29.8 Å². The first-order chi connectivity index (χ1) is 8.12. The van der Waals surface area contributed by atoms with Crippen LogP contribution in [-0.2, 0) is 16.2 Å². The molecule has 0 saturated carbocycles. The summed E-state index contributed by atoms with van der Waals surface area (Å²) in [6.07, 6.45) is -4.65. The van der Waals surface area contributed by atoms with Crippen molar-refractivity contribution in [3.8, 4) is 0 Å². The van der Waals surface area contributed by atoms with Gasteiger partial charge in [0.05, 0.1) is 16.2 Å². The van der Waals surface area contributed by atoms with E-state index in [-0.39, 0.29) is 4.99 Å². The average Bonchev–Trinajstić information content (AvgIpc) is 2.13. The third-order valence-corrected chi connectivity index (χ3v) is 3.38. The lowest BCUT2D eigenvalue weighted by Gasteiger charge is -2.14. The van der Waals surface area contributed by atoms with Crippen molar-refractivity contribution < 1.29 is 21.6 Å². The highest BCUT2D eigenvalue weighted by atomic mass is 32.2. The Morgan fingerprint density at radius 1 is 1.33 bits per heavy atom. The Morgan fingerprint density at radius 2 is 1.89 bits per heavy atom. The number of hydrogen-bond acceptors (Lipinski definition) is 3. The molecule has 9 heteroatoms. The molecule has 0 unspecified atom stereocenters. The van der Waals surface area contributed by atoms with Crippen LogP contribution >= 0.6 is 12.2 Å². The van der Waals surface area contributed by atoms with Crippen LogP contribution in [0.15, 0.2) is 24.3 Å². The lowest BCUT2D eigenvalue weighted by atomic mass is 10.2. The van der Waals surface area contributed by atoms with Crippen LogP contribution in [0.2, 0.25) is 0 Å². The summed E-state index contributed by atoms with van der Waals surface area (Å²) in [5, 5.41) is 0. The van der Waals surface area contributed by atoms with Gasteiger partial charge in [0.15, 0.2) is 0 Å². The van der Waals surface area contributed by atoms with Gasteiger partial charge in [0.1, 0.15) is 5.75 Å². The Bertz CT molecular complexity index is 555. The molecule has 4 nitrogen and oxygen atoms in total. The van der Waals surface area contributed by atoms with Crippen molar-refractivity contribution >= 4 is 32.9 Å². The zero-order valence-corrected chi connectivity index (χ0v) is 10.5. The predicted molar refractivity (Wildman–Crippen MR) is 65.6 cm³/mol. The minimum atomic E-state index is -4.65. The first kappa shape index (κ1) is 14.7. The van der Waals surface area contributed by atoms with Gasteiger partial charge < -0.3 is 5.73 Å². The molecule has 0 amide bonds. The van der Waals surface area contributed by atoms with Crippen molar-refractivity contribution in [2.45, 2.75) is 6.18 Å². The fourth-order valence-electron chi connectivity index (χ4n) is 1.21. The average molecular weight is 298 g/mol. The van der Waals surface area contributed by atoms with Gasteiger partial charge in [-0.3, -0.25) is 4.72 Å². The zero-order valence-electron chi connectivity index (χ0n) is 8.86. The quantitative estimate of drug-likeness (QED) is 0.830. The van der Waals surface area contributed by atoms with E-state index in [2.05, 4.69) is 12.2 Å². The van der Waals surface area contributed by atoms with E-state index in [0.29, 0.717) is 0 Å². The number of sulfonamides is 1. The zero-order chi connectivity index (χ0) is 14.0. The van der Waals surface area contributed by atoms with Crippen LogP contribution in [0.4, 0.5) is 18.9 Å². The van der Waals surface area contributed by atoms with E-state index in [9.17, 15) is 21.6 Å². The molecule has 0 atom stereocenters. The molecule has 3 N–H and O–H groups in total. The standard InChI is InChI=1S/C9H9F3N2O2S2/c10-9(11,12)6-3-1-2-4-7(6)14-18(15,16)5-8(13)17/h1-4,14H,5H2,(H2,13,17). The molecule has 0 bridgehead atoms. The van der Waals surface area contributed by atoms with Gasteiger partial charge >= 0.3 is 6.18 Å². The molecule has 0 radical (unpaired) electrons. The predicted octanol–water partition coefficient (Wildman–Crippen LogP) is 1.73. The van der Waals surface area contributed by atoms with Crippen molar-refractivity contribution in [2.24, 2.45) is 5.73 Å². The number of nitrogens with two attached hydrogens (primary N) is 1. The van der Waals surface area contributed by atoms with Gasteiger partial charge in [-0.1, -0.05) is 24.4 Å². The van der Waals surface area contributed by atoms with Crippen LogP contribution in [0, 0.1) is 0 Å². The van der Waals surface area contributed by atoms with Crippen LogP contribution in [0.5, 0.6) is 0 Å². The maximum Gasteiger partial charge on any atom is 0.418 e. The molecule has 100 valence electrons. The minimum Gasteiger partial charge on any atom is -0.392 e. The molecule has 0 aliphatic heterocycles. The summed E-state index contributed by atoms with van der Waals surface area (Å²) in [6, 6.07) is 4.24. The van der Waals surface area contributed by atoms with Gasteiger partial charge in [0.25, 0.3) is 0 Å². The first-order valence-corrected chi connectivity index (χ1v) is 6.63. The highest BCUT2D eigenvalue weighted by Gasteiger charge is 2.34. The number of benzene rings is 1. The Balaban J connectivity index is 3.09. The maximum absolute atomic E-state index is 12.6. The largest absolute Gasteiger partial charge is 0.418 e. The van der Waals surface area contributed by atoms with E-state index in [0.717, 1.165) is 18.2 Å². The molecular formula is C9H9F3N2O2S2. The topological polar surface area (TPSA) is 72.2 Å². The van der Waals surface area contributed by atoms with Crippen LogP contribution < -0.4 is 10.5 Å². The Labute approximate surface area is 107 Å². The molecule has 0 aromatic heterocycles. The molecule has 1 rings (SSSR count). The number of thiocarbonyl (C=S) groups is 1. The Hall–Kier alpha value is -1.35. The van der Waals surface area contributed by atoms with E-state index in [4.69, 9.17) is 5.73 Å².